The molecule has 6 heteroatoms. The minimum atomic E-state index is -0.478. The summed E-state index contributed by atoms with van der Waals surface area (Å²) in [6, 6.07) is 3.58. The Hall–Kier alpha value is -1.95. The summed E-state index contributed by atoms with van der Waals surface area (Å²) < 4.78 is 7.07. The van der Waals surface area contributed by atoms with Crippen LogP contribution in [-0.2, 0) is 9.53 Å². The number of rotatable bonds is 5. The Morgan fingerprint density at radius 3 is 2.95 bits per heavy atom. The lowest BCUT2D eigenvalue weighted by Crippen LogP contribution is -2.29. The maximum atomic E-state index is 11.9. The van der Waals surface area contributed by atoms with Crippen LogP contribution in [0.5, 0.6) is 0 Å². The van der Waals surface area contributed by atoms with Gasteiger partial charge in [0, 0.05) is 6.61 Å². The third kappa shape index (κ3) is 3.51. The molecule has 6 nitrogen and oxygen atoms in total. The van der Waals surface area contributed by atoms with E-state index in [0.717, 1.165) is 5.65 Å². The van der Waals surface area contributed by atoms with Gasteiger partial charge in [-0.1, -0.05) is 13.8 Å². The molecule has 0 aliphatic heterocycles. The number of ether oxygens (including phenoxy) is 1. The molecule has 0 aliphatic rings. The van der Waals surface area contributed by atoms with Gasteiger partial charge < -0.3 is 10.1 Å². The predicted molar refractivity (Wildman–Crippen MR) is 71.9 cm³/mol. The van der Waals surface area contributed by atoms with Crippen LogP contribution in [0.25, 0.3) is 5.65 Å². The van der Waals surface area contributed by atoms with Crippen LogP contribution in [0.2, 0.25) is 0 Å². The highest BCUT2D eigenvalue weighted by Gasteiger charge is 2.14. The molecule has 102 valence electrons. The van der Waals surface area contributed by atoms with Crippen molar-refractivity contribution in [2.75, 3.05) is 11.9 Å². The molecule has 0 aliphatic carbocycles. The van der Waals surface area contributed by atoms with Gasteiger partial charge >= 0.3 is 0 Å². The topological polar surface area (TPSA) is 68.5 Å². The number of aromatic nitrogens is 3. The van der Waals surface area contributed by atoms with Crippen molar-refractivity contribution >= 4 is 17.2 Å². The van der Waals surface area contributed by atoms with Gasteiger partial charge in [0.15, 0.2) is 5.65 Å². The minimum absolute atomic E-state index is 0.167. The Morgan fingerprint density at radius 1 is 1.42 bits per heavy atom. The number of hydrogen-bond donors (Lipinski definition) is 1. The van der Waals surface area contributed by atoms with Crippen LogP contribution in [0.1, 0.15) is 20.8 Å². The van der Waals surface area contributed by atoms with E-state index in [1.165, 1.54) is 6.33 Å². The monoisotopic (exact) mass is 262 g/mol. The van der Waals surface area contributed by atoms with Gasteiger partial charge in [-0.15, -0.1) is 0 Å². The fourth-order valence-electron chi connectivity index (χ4n) is 1.55. The molecule has 2 heterocycles. The fourth-order valence-corrected chi connectivity index (χ4v) is 1.55. The summed E-state index contributed by atoms with van der Waals surface area (Å²) in [5.74, 6) is 0.238. The van der Waals surface area contributed by atoms with Crippen LogP contribution in [0, 0.1) is 5.92 Å². The van der Waals surface area contributed by atoms with Crippen molar-refractivity contribution < 1.29 is 9.53 Å². The van der Waals surface area contributed by atoms with Crippen molar-refractivity contribution in [1.82, 2.24) is 14.6 Å². The maximum Gasteiger partial charge on any atom is 0.253 e. The first-order chi connectivity index (χ1) is 9.06. The Kier molecular flexibility index (Phi) is 4.11. The van der Waals surface area contributed by atoms with Crippen molar-refractivity contribution in [3.05, 3.63) is 24.7 Å². The van der Waals surface area contributed by atoms with Crippen LogP contribution in [0.3, 0.4) is 0 Å². The number of nitrogens with zero attached hydrogens (tertiary/aromatic N) is 3. The molecule has 1 atom stereocenters. The molecule has 0 saturated heterocycles. The van der Waals surface area contributed by atoms with E-state index in [1.807, 2.05) is 13.8 Å². The quantitative estimate of drug-likeness (QED) is 0.891. The number of carbonyl (C=O) groups excluding carboxylic acids is 1. The largest absolute Gasteiger partial charge is 0.368 e. The molecule has 1 N–H and O–H groups in total. The van der Waals surface area contributed by atoms with E-state index >= 15 is 0 Å². The molecule has 2 rings (SSSR count). The van der Waals surface area contributed by atoms with Crippen LogP contribution < -0.4 is 5.32 Å². The lowest BCUT2D eigenvalue weighted by atomic mass is 10.2. The second-order valence-corrected chi connectivity index (χ2v) is 4.84. The van der Waals surface area contributed by atoms with E-state index in [2.05, 4.69) is 15.4 Å². The number of fused-ring (bicyclic) bond motifs is 1. The van der Waals surface area contributed by atoms with Gasteiger partial charge in [-0.3, -0.25) is 4.79 Å². The molecule has 0 saturated carbocycles. The summed E-state index contributed by atoms with van der Waals surface area (Å²) in [5, 5.41) is 6.81. The van der Waals surface area contributed by atoms with Gasteiger partial charge in [0.25, 0.3) is 5.91 Å². The Bertz CT molecular complexity index is 565. The molecular formula is C13H18N4O2. The zero-order chi connectivity index (χ0) is 13.8. The number of nitrogens with one attached hydrogen (secondary N) is 1. The van der Waals surface area contributed by atoms with Gasteiger partial charge in [-0.25, -0.2) is 9.50 Å². The Labute approximate surface area is 111 Å². The van der Waals surface area contributed by atoms with Crippen molar-refractivity contribution in [2.24, 2.45) is 5.92 Å². The molecule has 0 aromatic carbocycles. The molecule has 0 fully saturated rings. The van der Waals surface area contributed by atoms with E-state index in [4.69, 9.17) is 4.74 Å². The van der Waals surface area contributed by atoms with Crippen LogP contribution in [0.4, 0.5) is 5.69 Å². The Morgan fingerprint density at radius 2 is 2.21 bits per heavy atom. The van der Waals surface area contributed by atoms with Crippen molar-refractivity contribution in [3.8, 4) is 0 Å². The molecule has 19 heavy (non-hydrogen) atoms. The highest BCUT2D eigenvalue weighted by Crippen LogP contribution is 2.09. The molecule has 1 amide bonds. The van der Waals surface area contributed by atoms with Crippen LogP contribution in [-0.4, -0.2) is 33.2 Å². The molecule has 0 bridgehead atoms. The average molecular weight is 262 g/mol. The second kappa shape index (κ2) is 5.79. The SMILES string of the molecule is CC(C)COC(C)C(=O)Nc1ccc2ncnn2c1. The predicted octanol–water partition coefficient (Wildman–Crippen LogP) is 1.73. The third-order valence-electron chi connectivity index (χ3n) is 2.59. The number of pyridine rings is 1. The molecule has 1 unspecified atom stereocenters. The van der Waals surface area contributed by atoms with Gasteiger partial charge in [0.1, 0.15) is 12.4 Å². The Balaban J connectivity index is 1.97. The molecule has 2 aromatic heterocycles. The first-order valence-electron chi connectivity index (χ1n) is 6.28. The van der Waals surface area contributed by atoms with Gasteiger partial charge in [0.05, 0.1) is 11.9 Å². The first-order valence-corrected chi connectivity index (χ1v) is 6.28. The normalized spacial score (nSPS) is 12.8. The van der Waals surface area contributed by atoms with Gasteiger partial charge in [-0.05, 0) is 25.0 Å². The molecule has 0 spiro atoms. The summed E-state index contributed by atoms with van der Waals surface area (Å²) >= 11 is 0. The number of amides is 1. The lowest BCUT2D eigenvalue weighted by Gasteiger charge is -2.14. The summed E-state index contributed by atoms with van der Waals surface area (Å²) in [6.45, 7) is 6.40. The fraction of sp³-hybridized carbons (Fsp3) is 0.462. The lowest BCUT2D eigenvalue weighted by molar-refractivity contribution is -0.126. The van der Waals surface area contributed by atoms with Gasteiger partial charge in [0.2, 0.25) is 0 Å². The molecule has 2 aromatic rings. The van der Waals surface area contributed by atoms with Crippen molar-refractivity contribution in [1.29, 1.82) is 0 Å². The van der Waals surface area contributed by atoms with E-state index in [0.29, 0.717) is 18.2 Å². The smallest absolute Gasteiger partial charge is 0.253 e. The summed E-state index contributed by atoms with van der Waals surface area (Å²) in [6.07, 6.45) is 2.71. The van der Waals surface area contributed by atoms with Crippen LogP contribution in [0.15, 0.2) is 24.7 Å². The van der Waals surface area contributed by atoms with Gasteiger partial charge in [-0.2, -0.15) is 5.10 Å². The first kappa shape index (κ1) is 13.5. The van der Waals surface area contributed by atoms with E-state index in [-0.39, 0.29) is 5.91 Å². The van der Waals surface area contributed by atoms with Crippen molar-refractivity contribution in [3.63, 3.8) is 0 Å². The van der Waals surface area contributed by atoms with E-state index in [1.54, 1.807) is 29.8 Å². The highest BCUT2D eigenvalue weighted by molar-refractivity contribution is 5.93. The standard InChI is InChI=1S/C13H18N4O2/c1-9(2)7-19-10(3)13(18)16-11-4-5-12-14-8-15-17(12)6-11/h4-6,8-10H,7H2,1-3H3,(H,16,18). The average Bonchev–Trinajstić information content (AvgIpc) is 2.83. The summed E-state index contributed by atoms with van der Waals surface area (Å²) in [7, 11) is 0. The zero-order valence-electron chi connectivity index (χ0n) is 11.3. The van der Waals surface area contributed by atoms with Crippen LogP contribution >= 0.6 is 0 Å². The number of carbonyl (C=O) groups is 1. The second-order valence-electron chi connectivity index (χ2n) is 4.84. The number of anilines is 1. The molecular weight excluding hydrogens is 244 g/mol. The minimum Gasteiger partial charge on any atom is -0.368 e. The van der Waals surface area contributed by atoms with E-state index < -0.39 is 6.10 Å². The highest BCUT2D eigenvalue weighted by atomic mass is 16.5. The molecule has 0 radical (unpaired) electrons. The summed E-state index contributed by atoms with van der Waals surface area (Å²) in [5.41, 5.74) is 1.41. The third-order valence-corrected chi connectivity index (χ3v) is 2.59. The van der Waals surface area contributed by atoms with E-state index in [9.17, 15) is 4.79 Å². The zero-order valence-corrected chi connectivity index (χ0v) is 11.3. The maximum absolute atomic E-state index is 11.9. The summed E-state index contributed by atoms with van der Waals surface area (Å²) in [4.78, 5) is 16.0. The number of hydrogen-bond acceptors (Lipinski definition) is 4. The van der Waals surface area contributed by atoms with Crippen molar-refractivity contribution in [2.45, 2.75) is 26.9 Å².